The Hall–Kier alpha value is -2.30. The molecule has 1 aromatic heterocycles. The summed E-state index contributed by atoms with van der Waals surface area (Å²) in [5.41, 5.74) is 0.876. The standard InChI is InChI=1S/C21H26N2O3/c1-20(2)9-15-10-21(3,13-20)14-23(15)19(24)17-11-26-18(22-17)12-25-16-7-5-4-6-8-16/h4-8,11,15H,9-10,12-14H2,1-3H3/t15-,21-/m1/s1. The van der Waals surface area contributed by atoms with Crippen molar-refractivity contribution in [1.29, 1.82) is 0 Å². The van der Waals surface area contributed by atoms with E-state index in [0.717, 1.165) is 31.6 Å². The number of hydrogen-bond donors (Lipinski definition) is 0. The highest BCUT2D eigenvalue weighted by molar-refractivity contribution is 5.92. The average Bonchev–Trinajstić information content (AvgIpc) is 3.14. The molecule has 2 atom stereocenters. The molecule has 1 aliphatic carbocycles. The molecule has 4 rings (SSSR count). The zero-order chi connectivity index (χ0) is 18.4. The summed E-state index contributed by atoms with van der Waals surface area (Å²) in [5.74, 6) is 1.15. The highest BCUT2D eigenvalue weighted by Gasteiger charge is 2.51. The molecule has 0 spiro atoms. The normalized spacial score (nSPS) is 26.7. The quantitative estimate of drug-likeness (QED) is 0.822. The zero-order valence-electron chi connectivity index (χ0n) is 15.7. The van der Waals surface area contributed by atoms with Gasteiger partial charge < -0.3 is 14.1 Å². The van der Waals surface area contributed by atoms with E-state index in [1.165, 1.54) is 6.26 Å². The van der Waals surface area contributed by atoms with Gasteiger partial charge in [-0.05, 0) is 42.2 Å². The maximum Gasteiger partial charge on any atom is 0.276 e. The number of rotatable bonds is 4. The SMILES string of the molecule is CC1(C)C[C@@H]2C[C@@](C)(CN2C(=O)c2coc(COc3ccccc3)n2)C1. The lowest BCUT2D eigenvalue weighted by atomic mass is 9.65. The van der Waals surface area contributed by atoms with Crippen LogP contribution in [0.4, 0.5) is 0 Å². The van der Waals surface area contributed by atoms with Gasteiger partial charge in [0, 0.05) is 12.6 Å². The van der Waals surface area contributed by atoms with Crippen LogP contribution in [0.25, 0.3) is 0 Å². The summed E-state index contributed by atoms with van der Waals surface area (Å²) in [7, 11) is 0. The van der Waals surface area contributed by atoms with E-state index in [4.69, 9.17) is 9.15 Å². The van der Waals surface area contributed by atoms with Crippen LogP contribution in [-0.4, -0.2) is 28.4 Å². The van der Waals surface area contributed by atoms with E-state index in [1.54, 1.807) is 0 Å². The maximum atomic E-state index is 13.0. The van der Waals surface area contributed by atoms with Crippen LogP contribution in [0.5, 0.6) is 5.75 Å². The lowest BCUT2D eigenvalue weighted by Crippen LogP contribution is -2.37. The Bertz CT molecular complexity index is 799. The van der Waals surface area contributed by atoms with Crippen molar-refractivity contribution in [3.8, 4) is 5.75 Å². The van der Waals surface area contributed by atoms with Crippen LogP contribution in [0.1, 0.15) is 56.4 Å². The van der Waals surface area contributed by atoms with Crippen LogP contribution in [0.3, 0.4) is 0 Å². The first-order valence-electron chi connectivity index (χ1n) is 9.27. The molecular weight excluding hydrogens is 328 g/mol. The van der Waals surface area contributed by atoms with Crippen molar-refractivity contribution < 1.29 is 13.9 Å². The summed E-state index contributed by atoms with van der Waals surface area (Å²) in [5, 5.41) is 0. The minimum Gasteiger partial charge on any atom is -0.484 e. The van der Waals surface area contributed by atoms with Crippen LogP contribution < -0.4 is 4.74 Å². The highest BCUT2D eigenvalue weighted by Crippen LogP contribution is 2.52. The molecule has 26 heavy (non-hydrogen) atoms. The van der Waals surface area contributed by atoms with Gasteiger partial charge in [-0.2, -0.15) is 0 Å². The second kappa shape index (κ2) is 6.15. The van der Waals surface area contributed by atoms with Crippen LogP contribution in [-0.2, 0) is 6.61 Å². The van der Waals surface area contributed by atoms with Crippen molar-refractivity contribution in [2.45, 2.75) is 52.7 Å². The topological polar surface area (TPSA) is 55.6 Å². The van der Waals surface area contributed by atoms with E-state index in [9.17, 15) is 4.79 Å². The fourth-order valence-electron chi connectivity index (χ4n) is 4.98. The molecule has 5 nitrogen and oxygen atoms in total. The number of ether oxygens (including phenoxy) is 1. The first-order chi connectivity index (χ1) is 12.3. The molecule has 2 aromatic rings. The fraction of sp³-hybridized carbons (Fsp3) is 0.524. The molecule has 1 saturated carbocycles. The van der Waals surface area contributed by atoms with Gasteiger partial charge in [-0.15, -0.1) is 0 Å². The minimum atomic E-state index is -0.0221. The molecule has 0 unspecified atom stereocenters. The van der Waals surface area contributed by atoms with E-state index >= 15 is 0 Å². The summed E-state index contributed by atoms with van der Waals surface area (Å²) in [6.07, 6.45) is 4.76. The number of nitrogens with zero attached hydrogens (tertiary/aromatic N) is 2. The van der Waals surface area contributed by atoms with E-state index in [-0.39, 0.29) is 23.3 Å². The van der Waals surface area contributed by atoms with Crippen molar-refractivity contribution >= 4 is 5.91 Å². The highest BCUT2D eigenvalue weighted by atomic mass is 16.5. The lowest BCUT2D eigenvalue weighted by Gasteiger charge is -2.39. The molecule has 2 bridgehead atoms. The third-order valence-electron chi connectivity index (χ3n) is 5.55. The lowest BCUT2D eigenvalue weighted by molar-refractivity contribution is 0.0702. The largest absolute Gasteiger partial charge is 0.484 e. The van der Waals surface area contributed by atoms with Crippen molar-refractivity contribution in [3.63, 3.8) is 0 Å². The number of para-hydroxylation sites is 1. The molecule has 1 amide bonds. The summed E-state index contributed by atoms with van der Waals surface area (Å²) in [6, 6.07) is 9.81. The average molecular weight is 354 g/mol. The number of amides is 1. The summed E-state index contributed by atoms with van der Waals surface area (Å²) in [6.45, 7) is 7.94. The van der Waals surface area contributed by atoms with E-state index < -0.39 is 0 Å². The zero-order valence-corrected chi connectivity index (χ0v) is 15.7. The third kappa shape index (κ3) is 3.35. The Balaban J connectivity index is 1.44. The molecule has 5 heteroatoms. The second-order valence-electron chi connectivity index (χ2n) is 8.87. The number of hydrogen-bond acceptors (Lipinski definition) is 4. The van der Waals surface area contributed by atoms with Crippen LogP contribution in [0.15, 0.2) is 41.0 Å². The summed E-state index contributed by atoms with van der Waals surface area (Å²) >= 11 is 0. The van der Waals surface area contributed by atoms with Crippen molar-refractivity contribution in [2.75, 3.05) is 6.54 Å². The van der Waals surface area contributed by atoms with Gasteiger partial charge in [-0.1, -0.05) is 39.0 Å². The molecule has 0 N–H and O–H groups in total. The van der Waals surface area contributed by atoms with Gasteiger partial charge in [-0.25, -0.2) is 4.98 Å². The minimum absolute atomic E-state index is 0.0221. The van der Waals surface area contributed by atoms with Crippen molar-refractivity contribution in [2.24, 2.45) is 10.8 Å². The van der Waals surface area contributed by atoms with E-state index in [1.807, 2.05) is 35.2 Å². The number of likely N-dealkylation sites (tertiary alicyclic amines) is 1. The van der Waals surface area contributed by atoms with E-state index in [0.29, 0.717) is 17.6 Å². The maximum absolute atomic E-state index is 13.0. The number of oxazole rings is 1. The predicted octanol–water partition coefficient (Wildman–Crippen LogP) is 4.29. The Kier molecular flexibility index (Phi) is 4.05. The molecule has 2 aliphatic rings. The number of carbonyl (C=O) groups is 1. The Morgan fingerprint density at radius 3 is 2.81 bits per heavy atom. The first-order valence-corrected chi connectivity index (χ1v) is 9.27. The van der Waals surface area contributed by atoms with Gasteiger partial charge in [-0.3, -0.25) is 4.79 Å². The Labute approximate surface area is 154 Å². The van der Waals surface area contributed by atoms with Crippen LogP contribution >= 0.6 is 0 Å². The summed E-state index contributed by atoms with van der Waals surface area (Å²) < 4.78 is 11.1. The predicted molar refractivity (Wildman–Crippen MR) is 97.8 cm³/mol. The first kappa shape index (κ1) is 17.1. The van der Waals surface area contributed by atoms with E-state index in [2.05, 4.69) is 25.8 Å². The van der Waals surface area contributed by atoms with Crippen LogP contribution in [0, 0.1) is 10.8 Å². The van der Waals surface area contributed by atoms with Crippen LogP contribution in [0.2, 0.25) is 0 Å². The van der Waals surface area contributed by atoms with Gasteiger partial charge in [0.15, 0.2) is 12.3 Å². The van der Waals surface area contributed by atoms with Gasteiger partial charge in [0.05, 0.1) is 0 Å². The molecule has 138 valence electrons. The molecule has 1 aromatic carbocycles. The number of benzene rings is 1. The fourth-order valence-corrected chi connectivity index (χ4v) is 4.98. The smallest absolute Gasteiger partial charge is 0.276 e. The molecule has 2 heterocycles. The second-order valence-corrected chi connectivity index (χ2v) is 8.87. The summed E-state index contributed by atoms with van der Waals surface area (Å²) in [4.78, 5) is 19.4. The Morgan fingerprint density at radius 1 is 1.27 bits per heavy atom. The number of aromatic nitrogens is 1. The molecule has 0 radical (unpaired) electrons. The Morgan fingerprint density at radius 2 is 2.04 bits per heavy atom. The number of fused-ring (bicyclic) bond motifs is 2. The number of carbonyl (C=O) groups excluding carboxylic acids is 1. The third-order valence-corrected chi connectivity index (χ3v) is 5.55. The van der Waals surface area contributed by atoms with Gasteiger partial charge in [0.25, 0.3) is 5.91 Å². The molecule has 1 aliphatic heterocycles. The molecule has 1 saturated heterocycles. The van der Waals surface area contributed by atoms with Gasteiger partial charge >= 0.3 is 0 Å². The molecular formula is C21H26N2O3. The molecule has 2 fully saturated rings. The van der Waals surface area contributed by atoms with Crippen molar-refractivity contribution in [3.05, 3.63) is 48.2 Å². The van der Waals surface area contributed by atoms with Gasteiger partial charge in [0.2, 0.25) is 5.89 Å². The van der Waals surface area contributed by atoms with Crippen molar-refractivity contribution in [1.82, 2.24) is 9.88 Å². The van der Waals surface area contributed by atoms with Gasteiger partial charge in [0.1, 0.15) is 12.0 Å². The monoisotopic (exact) mass is 354 g/mol.